The summed E-state index contributed by atoms with van der Waals surface area (Å²) in [7, 11) is 0. The molecule has 2 amide bonds. The van der Waals surface area contributed by atoms with Crippen LogP contribution in [0.2, 0.25) is 0 Å². The maximum absolute atomic E-state index is 12.6. The minimum absolute atomic E-state index is 0.0591. The van der Waals surface area contributed by atoms with E-state index in [2.05, 4.69) is 10.6 Å². The van der Waals surface area contributed by atoms with Crippen LogP contribution in [0.25, 0.3) is 0 Å². The van der Waals surface area contributed by atoms with Crippen molar-refractivity contribution in [1.82, 2.24) is 5.32 Å². The molecule has 2 N–H and O–H groups in total. The molecule has 0 saturated carbocycles. The Morgan fingerprint density at radius 3 is 2.64 bits per heavy atom. The predicted molar refractivity (Wildman–Crippen MR) is 85.9 cm³/mol. The van der Waals surface area contributed by atoms with Crippen molar-refractivity contribution in [2.45, 2.75) is 44.4 Å². The van der Waals surface area contributed by atoms with Crippen LogP contribution in [0.5, 0.6) is 0 Å². The van der Waals surface area contributed by atoms with Gasteiger partial charge in [-0.1, -0.05) is 6.07 Å². The highest BCUT2D eigenvalue weighted by Gasteiger charge is 2.30. The highest BCUT2D eigenvalue weighted by Crippen LogP contribution is 2.30. The standard InChI is InChI=1S/C17H21F3N2O3/c18-17(19,20)12-4-1-5-13(10-12)22-16(24)8-2-7-15(23)21-11-14-6-3-9-25-14/h1,4-5,10,14H,2-3,6-9,11H2,(H,21,23)(H,22,24)/t14-/m1/s1. The molecule has 0 radical (unpaired) electrons. The van der Waals surface area contributed by atoms with Gasteiger partial charge in [-0.3, -0.25) is 9.59 Å². The van der Waals surface area contributed by atoms with E-state index in [9.17, 15) is 22.8 Å². The Bertz CT molecular complexity index is 599. The lowest BCUT2D eigenvalue weighted by atomic mass is 10.1. The number of alkyl halides is 3. The van der Waals surface area contributed by atoms with Crippen LogP contribution in [-0.2, 0) is 20.5 Å². The molecule has 2 rings (SSSR count). The zero-order chi connectivity index (χ0) is 18.3. The molecule has 25 heavy (non-hydrogen) atoms. The van der Waals surface area contributed by atoms with Crippen molar-refractivity contribution in [2.24, 2.45) is 0 Å². The Morgan fingerprint density at radius 2 is 1.96 bits per heavy atom. The molecule has 0 bridgehead atoms. The van der Waals surface area contributed by atoms with E-state index < -0.39 is 17.6 Å². The van der Waals surface area contributed by atoms with Gasteiger partial charge in [0.2, 0.25) is 11.8 Å². The molecule has 1 fully saturated rings. The van der Waals surface area contributed by atoms with E-state index in [-0.39, 0.29) is 30.5 Å². The number of hydrogen-bond acceptors (Lipinski definition) is 3. The number of nitrogens with one attached hydrogen (secondary N) is 2. The van der Waals surface area contributed by atoms with Gasteiger partial charge < -0.3 is 15.4 Å². The Hall–Kier alpha value is -2.09. The highest BCUT2D eigenvalue weighted by molar-refractivity contribution is 5.91. The smallest absolute Gasteiger partial charge is 0.376 e. The largest absolute Gasteiger partial charge is 0.416 e. The van der Waals surface area contributed by atoms with E-state index in [0.29, 0.717) is 13.0 Å². The molecule has 0 unspecified atom stereocenters. The van der Waals surface area contributed by atoms with Gasteiger partial charge in [0.1, 0.15) is 0 Å². The molecule has 0 aromatic heterocycles. The molecule has 1 aromatic rings. The molecule has 1 saturated heterocycles. The minimum Gasteiger partial charge on any atom is -0.376 e. The number of anilines is 1. The molecule has 1 aromatic carbocycles. The number of ether oxygens (including phenoxy) is 1. The molecule has 1 aliphatic heterocycles. The molecule has 5 nitrogen and oxygen atoms in total. The lowest BCUT2D eigenvalue weighted by Gasteiger charge is -2.11. The summed E-state index contributed by atoms with van der Waals surface area (Å²) in [5, 5.41) is 5.17. The van der Waals surface area contributed by atoms with Crippen LogP contribution in [0.15, 0.2) is 24.3 Å². The summed E-state index contributed by atoms with van der Waals surface area (Å²) >= 11 is 0. The first-order valence-corrected chi connectivity index (χ1v) is 8.20. The zero-order valence-corrected chi connectivity index (χ0v) is 13.7. The summed E-state index contributed by atoms with van der Waals surface area (Å²) in [6, 6.07) is 4.44. The Kier molecular flexibility index (Phi) is 6.81. The summed E-state index contributed by atoms with van der Waals surface area (Å²) in [6.07, 6.45) is -1.90. The van der Waals surface area contributed by atoms with Gasteiger partial charge in [-0.2, -0.15) is 13.2 Å². The first kappa shape index (κ1) is 19.2. The molecule has 0 spiro atoms. The van der Waals surface area contributed by atoms with Gasteiger partial charge in [-0.25, -0.2) is 0 Å². The van der Waals surface area contributed by atoms with Gasteiger partial charge in [-0.05, 0) is 37.5 Å². The summed E-state index contributed by atoms with van der Waals surface area (Å²) < 4.78 is 43.2. The molecule has 1 atom stereocenters. The van der Waals surface area contributed by atoms with Crippen molar-refractivity contribution in [1.29, 1.82) is 0 Å². The van der Waals surface area contributed by atoms with Crippen molar-refractivity contribution in [3.63, 3.8) is 0 Å². The third-order valence-corrected chi connectivity index (χ3v) is 3.83. The quantitative estimate of drug-likeness (QED) is 0.787. The maximum atomic E-state index is 12.6. The van der Waals surface area contributed by atoms with Crippen LogP contribution < -0.4 is 10.6 Å². The van der Waals surface area contributed by atoms with Crippen molar-refractivity contribution in [2.75, 3.05) is 18.5 Å². The Labute approximate surface area is 143 Å². The average Bonchev–Trinajstić information content (AvgIpc) is 3.06. The second-order valence-electron chi connectivity index (χ2n) is 5.92. The van der Waals surface area contributed by atoms with Gasteiger partial charge in [0, 0.05) is 31.7 Å². The van der Waals surface area contributed by atoms with Gasteiger partial charge in [0.05, 0.1) is 11.7 Å². The van der Waals surface area contributed by atoms with Crippen molar-refractivity contribution >= 4 is 17.5 Å². The third kappa shape index (κ3) is 6.74. The fourth-order valence-corrected chi connectivity index (χ4v) is 2.53. The SMILES string of the molecule is O=C(CCCC(=O)Nc1cccc(C(F)(F)F)c1)NC[C@H]1CCCO1. The number of rotatable bonds is 7. The number of hydrogen-bond donors (Lipinski definition) is 2. The summed E-state index contributed by atoms with van der Waals surface area (Å²) in [4.78, 5) is 23.4. The molecule has 138 valence electrons. The topological polar surface area (TPSA) is 67.4 Å². The van der Waals surface area contributed by atoms with Crippen LogP contribution in [0.1, 0.15) is 37.7 Å². The Balaban J connectivity index is 1.67. The molecular formula is C17H21F3N2O3. The lowest BCUT2D eigenvalue weighted by Crippen LogP contribution is -2.31. The monoisotopic (exact) mass is 358 g/mol. The lowest BCUT2D eigenvalue weighted by molar-refractivity contribution is -0.137. The fourth-order valence-electron chi connectivity index (χ4n) is 2.53. The zero-order valence-electron chi connectivity index (χ0n) is 13.7. The predicted octanol–water partition coefficient (Wildman–Crippen LogP) is 3.11. The summed E-state index contributed by atoms with van der Waals surface area (Å²) in [5.41, 5.74) is -0.735. The number of carbonyl (C=O) groups excluding carboxylic acids is 2. The summed E-state index contributed by atoms with van der Waals surface area (Å²) in [6.45, 7) is 1.19. The first-order chi connectivity index (χ1) is 11.8. The van der Waals surface area contributed by atoms with Crippen LogP contribution in [-0.4, -0.2) is 31.1 Å². The van der Waals surface area contributed by atoms with Crippen LogP contribution >= 0.6 is 0 Å². The van der Waals surface area contributed by atoms with Crippen LogP contribution in [0.3, 0.4) is 0 Å². The second kappa shape index (κ2) is 8.84. The molecule has 1 aliphatic rings. The van der Waals surface area contributed by atoms with Gasteiger partial charge in [-0.15, -0.1) is 0 Å². The van der Waals surface area contributed by atoms with Crippen LogP contribution in [0, 0.1) is 0 Å². The normalized spacial score (nSPS) is 17.3. The third-order valence-electron chi connectivity index (χ3n) is 3.83. The van der Waals surface area contributed by atoms with E-state index >= 15 is 0 Å². The number of carbonyl (C=O) groups is 2. The first-order valence-electron chi connectivity index (χ1n) is 8.20. The van der Waals surface area contributed by atoms with E-state index in [1.165, 1.54) is 12.1 Å². The van der Waals surface area contributed by atoms with E-state index in [0.717, 1.165) is 31.6 Å². The van der Waals surface area contributed by atoms with Crippen molar-refractivity contribution in [3.05, 3.63) is 29.8 Å². The van der Waals surface area contributed by atoms with Gasteiger partial charge in [0.25, 0.3) is 0 Å². The fraction of sp³-hybridized carbons (Fsp3) is 0.529. The van der Waals surface area contributed by atoms with E-state index in [4.69, 9.17) is 4.74 Å². The van der Waals surface area contributed by atoms with Crippen molar-refractivity contribution < 1.29 is 27.5 Å². The van der Waals surface area contributed by atoms with E-state index in [1.54, 1.807) is 0 Å². The van der Waals surface area contributed by atoms with Gasteiger partial charge >= 0.3 is 6.18 Å². The van der Waals surface area contributed by atoms with Crippen LogP contribution in [0.4, 0.5) is 18.9 Å². The second-order valence-corrected chi connectivity index (χ2v) is 5.92. The average molecular weight is 358 g/mol. The number of benzene rings is 1. The number of halogens is 3. The van der Waals surface area contributed by atoms with Crippen molar-refractivity contribution in [3.8, 4) is 0 Å². The number of amides is 2. The molecule has 0 aliphatic carbocycles. The molecule has 1 heterocycles. The van der Waals surface area contributed by atoms with E-state index in [1.807, 2.05) is 0 Å². The molecular weight excluding hydrogens is 337 g/mol. The summed E-state index contributed by atoms with van der Waals surface area (Å²) in [5.74, 6) is -0.589. The maximum Gasteiger partial charge on any atom is 0.416 e. The van der Waals surface area contributed by atoms with Gasteiger partial charge in [0.15, 0.2) is 0 Å². The minimum atomic E-state index is -4.46. The highest BCUT2D eigenvalue weighted by atomic mass is 19.4. The molecule has 8 heteroatoms. The Morgan fingerprint density at radius 1 is 1.20 bits per heavy atom.